The van der Waals surface area contributed by atoms with E-state index in [1.54, 1.807) is 34.0 Å². The number of Topliss-reactive ketones (excluding diaryl/α,β-unsaturated/α-hetero) is 2. The average molecular weight is 445 g/mol. The Bertz CT molecular complexity index is 945. The number of carbonyl (C=O) groups is 2. The van der Waals surface area contributed by atoms with Gasteiger partial charge in [-0.25, -0.2) is 0 Å². The summed E-state index contributed by atoms with van der Waals surface area (Å²) in [6.07, 6.45) is 7.80. The fraction of sp³-hybridized carbons (Fsp3) is 0.417. The molecule has 0 amide bonds. The van der Waals surface area contributed by atoms with Gasteiger partial charge in [-0.1, -0.05) is 39.5 Å². The van der Waals surface area contributed by atoms with E-state index in [1.165, 1.54) is 22.6 Å². The van der Waals surface area contributed by atoms with Gasteiger partial charge in [-0.2, -0.15) is 0 Å². The first-order valence-corrected chi connectivity index (χ1v) is 12.9. The Balaban J connectivity index is 1.65. The molecule has 154 valence electrons. The highest BCUT2D eigenvalue weighted by atomic mass is 32.1. The Morgan fingerprint density at radius 3 is 1.55 bits per heavy atom. The third kappa shape index (κ3) is 5.97. The van der Waals surface area contributed by atoms with Crippen LogP contribution in [0.2, 0.25) is 0 Å². The van der Waals surface area contributed by atoms with Crippen molar-refractivity contribution < 1.29 is 9.59 Å². The molecule has 0 aliphatic heterocycles. The second kappa shape index (κ2) is 11.0. The maximum atomic E-state index is 12.4. The van der Waals surface area contributed by atoms with Crippen LogP contribution in [-0.4, -0.2) is 11.6 Å². The second-order valence-electron chi connectivity index (χ2n) is 7.25. The van der Waals surface area contributed by atoms with E-state index >= 15 is 0 Å². The summed E-state index contributed by atoms with van der Waals surface area (Å²) in [5.41, 5.74) is 0. The molecule has 3 rings (SSSR count). The first-order valence-electron chi connectivity index (χ1n) is 10.5. The SMILES string of the molecule is CCCCCCC(=O)c1ccc(-c2ccc(-c3ccc(C(=O)CCCC)s3)s2)s1. The van der Waals surface area contributed by atoms with Crippen molar-refractivity contribution in [2.45, 2.75) is 65.2 Å². The smallest absolute Gasteiger partial charge is 0.172 e. The zero-order chi connectivity index (χ0) is 20.6. The van der Waals surface area contributed by atoms with Crippen LogP contribution in [0.4, 0.5) is 0 Å². The van der Waals surface area contributed by atoms with Crippen LogP contribution in [0.15, 0.2) is 36.4 Å². The van der Waals surface area contributed by atoms with Crippen LogP contribution in [0.1, 0.15) is 84.6 Å². The molecule has 2 nitrogen and oxygen atoms in total. The number of thiophene rings is 3. The molecular formula is C24H28O2S3. The molecule has 3 aromatic heterocycles. The van der Waals surface area contributed by atoms with Gasteiger partial charge in [0.1, 0.15) is 0 Å². The topological polar surface area (TPSA) is 34.1 Å². The van der Waals surface area contributed by atoms with E-state index in [2.05, 4.69) is 38.1 Å². The second-order valence-corrected chi connectivity index (χ2v) is 10.5. The van der Waals surface area contributed by atoms with Crippen molar-refractivity contribution in [3.8, 4) is 19.5 Å². The summed E-state index contributed by atoms with van der Waals surface area (Å²) in [4.78, 5) is 31.0. The van der Waals surface area contributed by atoms with Gasteiger partial charge < -0.3 is 0 Å². The summed E-state index contributed by atoms with van der Waals surface area (Å²) < 4.78 is 0. The van der Waals surface area contributed by atoms with E-state index < -0.39 is 0 Å². The predicted octanol–water partition coefficient (Wildman–Crippen LogP) is 8.73. The lowest BCUT2D eigenvalue weighted by molar-refractivity contribution is 0.0975. The molecule has 0 aliphatic rings. The predicted molar refractivity (Wildman–Crippen MR) is 128 cm³/mol. The number of hydrogen-bond acceptors (Lipinski definition) is 5. The van der Waals surface area contributed by atoms with E-state index in [0.29, 0.717) is 12.8 Å². The lowest BCUT2D eigenvalue weighted by atomic mass is 10.1. The van der Waals surface area contributed by atoms with Crippen molar-refractivity contribution in [3.63, 3.8) is 0 Å². The molecule has 0 aromatic carbocycles. The molecule has 29 heavy (non-hydrogen) atoms. The van der Waals surface area contributed by atoms with Crippen molar-refractivity contribution >= 4 is 45.6 Å². The minimum Gasteiger partial charge on any atom is -0.293 e. The van der Waals surface area contributed by atoms with E-state index in [4.69, 9.17) is 0 Å². The van der Waals surface area contributed by atoms with Gasteiger partial charge in [0, 0.05) is 32.4 Å². The highest BCUT2D eigenvalue weighted by Crippen LogP contribution is 2.40. The minimum absolute atomic E-state index is 0.250. The highest BCUT2D eigenvalue weighted by molar-refractivity contribution is 7.27. The van der Waals surface area contributed by atoms with Gasteiger partial charge in [0.2, 0.25) is 0 Å². The molecule has 0 bridgehead atoms. The normalized spacial score (nSPS) is 11.1. The van der Waals surface area contributed by atoms with Crippen molar-refractivity contribution in [3.05, 3.63) is 46.2 Å². The van der Waals surface area contributed by atoms with Gasteiger partial charge in [-0.3, -0.25) is 9.59 Å². The number of carbonyl (C=O) groups excluding carboxylic acids is 2. The van der Waals surface area contributed by atoms with E-state index in [9.17, 15) is 9.59 Å². The van der Waals surface area contributed by atoms with Gasteiger partial charge in [0.15, 0.2) is 11.6 Å². The largest absolute Gasteiger partial charge is 0.293 e. The van der Waals surface area contributed by atoms with E-state index in [0.717, 1.165) is 45.2 Å². The first-order chi connectivity index (χ1) is 14.1. The molecule has 0 spiro atoms. The van der Waals surface area contributed by atoms with Gasteiger partial charge >= 0.3 is 0 Å². The van der Waals surface area contributed by atoms with Crippen LogP contribution >= 0.6 is 34.0 Å². The molecule has 0 radical (unpaired) electrons. The Labute approximate surface area is 185 Å². The van der Waals surface area contributed by atoms with Gasteiger partial charge in [0.25, 0.3) is 0 Å². The van der Waals surface area contributed by atoms with Crippen molar-refractivity contribution in [1.82, 2.24) is 0 Å². The molecule has 0 aliphatic carbocycles. The summed E-state index contributed by atoms with van der Waals surface area (Å²) in [6, 6.07) is 12.3. The third-order valence-corrected chi connectivity index (χ3v) is 8.60. The number of unbranched alkanes of at least 4 members (excludes halogenated alkanes) is 4. The van der Waals surface area contributed by atoms with Crippen LogP contribution in [0.25, 0.3) is 19.5 Å². The Kier molecular flexibility index (Phi) is 8.40. The van der Waals surface area contributed by atoms with E-state index in [1.807, 2.05) is 12.1 Å². The molecule has 0 saturated heterocycles. The first kappa shape index (κ1) is 22.1. The van der Waals surface area contributed by atoms with Gasteiger partial charge in [0.05, 0.1) is 9.75 Å². The van der Waals surface area contributed by atoms with E-state index in [-0.39, 0.29) is 11.6 Å². The highest BCUT2D eigenvalue weighted by Gasteiger charge is 2.14. The quantitative estimate of drug-likeness (QED) is 0.207. The molecule has 0 atom stereocenters. The Morgan fingerprint density at radius 2 is 1.03 bits per heavy atom. The Morgan fingerprint density at radius 1 is 0.586 bits per heavy atom. The number of ketones is 2. The summed E-state index contributed by atoms with van der Waals surface area (Å²) in [7, 11) is 0. The summed E-state index contributed by atoms with van der Waals surface area (Å²) in [5, 5.41) is 0. The van der Waals surface area contributed by atoms with Gasteiger partial charge in [-0.15, -0.1) is 34.0 Å². The molecule has 3 heterocycles. The molecular weight excluding hydrogens is 416 g/mol. The fourth-order valence-corrected chi connectivity index (χ4v) is 6.27. The van der Waals surface area contributed by atoms with Crippen molar-refractivity contribution in [2.75, 3.05) is 0 Å². The van der Waals surface area contributed by atoms with Crippen LogP contribution in [0.5, 0.6) is 0 Å². The lowest BCUT2D eigenvalue weighted by Gasteiger charge is -1.97. The molecule has 5 heteroatoms. The fourth-order valence-electron chi connectivity index (χ4n) is 3.14. The Hall–Kier alpha value is -1.56. The maximum absolute atomic E-state index is 12.4. The molecule has 0 fully saturated rings. The zero-order valence-corrected chi connectivity index (χ0v) is 19.6. The standard InChI is InChI=1S/C24H28O2S3/c1-3-5-7-8-10-18(26)20-12-14-22(28-20)24-16-15-23(29-24)21-13-11-19(27-21)17(25)9-6-4-2/h11-16H,3-10H2,1-2H3. The maximum Gasteiger partial charge on any atom is 0.172 e. The van der Waals surface area contributed by atoms with Crippen molar-refractivity contribution in [2.24, 2.45) is 0 Å². The van der Waals surface area contributed by atoms with Crippen LogP contribution < -0.4 is 0 Å². The summed E-state index contributed by atoms with van der Waals surface area (Å²) in [5.74, 6) is 0.517. The minimum atomic E-state index is 0.250. The van der Waals surface area contributed by atoms with Gasteiger partial charge in [-0.05, 0) is 49.2 Å². The average Bonchev–Trinajstić information content (AvgIpc) is 3.47. The summed E-state index contributed by atoms with van der Waals surface area (Å²) in [6.45, 7) is 4.29. The zero-order valence-electron chi connectivity index (χ0n) is 17.2. The number of rotatable bonds is 12. The number of hydrogen-bond donors (Lipinski definition) is 0. The molecule has 0 N–H and O–H groups in total. The monoisotopic (exact) mass is 444 g/mol. The van der Waals surface area contributed by atoms with Crippen LogP contribution in [0, 0.1) is 0 Å². The molecule has 0 unspecified atom stereocenters. The van der Waals surface area contributed by atoms with Crippen LogP contribution in [0.3, 0.4) is 0 Å². The van der Waals surface area contributed by atoms with Crippen LogP contribution in [-0.2, 0) is 0 Å². The lowest BCUT2D eigenvalue weighted by Crippen LogP contribution is -1.95. The molecule has 3 aromatic rings. The molecule has 0 saturated carbocycles. The third-order valence-electron chi connectivity index (χ3n) is 4.87. The summed E-state index contributed by atoms with van der Waals surface area (Å²) >= 11 is 4.91. The van der Waals surface area contributed by atoms with Crippen molar-refractivity contribution in [1.29, 1.82) is 0 Å².